The molecular weight excluding hydrogens is 410 g/mol. The largest absolute Gasteiger partial charge is 0.376 e. The van der Waals surface area contributed by atoms with Crippen molar-refractivity contribution in [3.8, 4) is 5.69 Å². The number of fused-ring (bicyclic) bond motifs is 1. The molecule has 0 saturated carbocycles. The molecule has 2 aromatic heterocycles. The van der Waals surface area contributed by atoms with Gasteiger partial charge in [0.15, 0.2) is 0 Å². The minimum atomic E-state index is -0.0272. The summed E-state index contributed by atoms with van der Waals surface area (Å²) in [4.78, 5) is 12.4. The molecule has 3 heterocycles. The van der Waals surface area contributed by atoms with Gasteiger partial charge in [0.25, 0.3) is 0 Å². The summed E-state index contributed by atoms with van der Waals surface area (Å²) >= 11 is 1.39. The average molecular weight is 440 g/mol. The Morgan fingerprint density at radius 1 is 1.29 bits per heavy atom. The molecule has 1 amide bonds. The van der Waals surface area contributed by atoms with Crippen LogP contribution in [0.1, 0.15) is 49.4 Å². The number of rotatable bonds is 7. The van der Waals surface area contributed by atoms with Gasteiger partial charge in [-0.3, -0.25) is 4.79 Å². The van der Waals surface area contributed by atoms with Gasteiger partial charge in [-0.05, 0) is 55.9 Å². The third kappa shape index (κ3) is 4.75. The summed E-state index contributed by atoms with van der Waals surface area (Å²) in [5.41, 5.74) is 5.23. The van der Waals surface area contributed by atoms with Gasteiger partial charge in [0.1, 0.15) is 10.5 Å². The quantitative estimate of drug-likeness (QED) is 0.562. The average Bonchev–Trinajstić information content (AvgIpc) is 3.42. The predicted octanol–water partition coefficient (Wildman–Crippen LogP) is 3.94. The van der Waals surface area contributed by atoms with Gasteiger partial charge < -0.3 is 10.1 Å². The Hall–Kier alpha value is -2.45. The molecule has 8 heteroatoms. The maximum absolute atomic E-state index is 12.4. The van der Waals surface area contributed by atoms with Crippen molar-refractivity contribution in [2.75, 3.05) is 18.9 Å². The van der Waals surface area contributed by atoms with Crippen molar-refractivity contribution < 1.29 is 9.53 Å². The van der Waals surface area contributed by atoms with Crippen molar-refractivity contribution in [1.29, 1.82) is 0 Å². The molecule has 4 rings (SSSR count). The summed E-state index contributed by atoms with van der Waals surface area (Å²) in [6.45, 7) is 9.74. The van der Waals surface area contributed by atoms with Crippen LogP contribution in [0.3, 0.4) is 0 Å². The minimum absolute atomic E-state index is 0.0272. The maximum Gasteiger partial charge on any atom is 0.230 e. The standard InChI is InChI=1S/C23H29N5O2S/c1-14(2)21-19-12-25-28(17-8-7-15(3)16(4)10-17)22(19)23(27-26-21)31-13-20(29)24-11-18-6-5-9-30-18/h7-8,10,12,14,18H,5-6,9,11,13H2,1-4H3,(H,24,29)/t18-/m0/s1. The van der Waals surface area contributed by atoms with E-state index in [2.05, 4.69) is 66.5 Å². The predicted molar refractivity (Wildman–Crippen MR) is 123 cm³/mol. The van der Waals surface area contributed by atoms with Gasteiger partial charge in [-0.15, -0.1) is 5.10 Å². The van der Waals surface area contributed by atoms with Gasteiger partial charge in [-0.1, -0.05) is 31.7 Å². The van der Waals surface area contributed by atoms with Crippen molar-refractivity contribution in [1.82, 2.24) is 25.3 Å². The van der Waals surface area contributed by atoms with Crippen molar-refractivity contribution in [2.45, 2.75) is 57.6 Å². The molecule has 1 N–H and O–H groups in total. The summed E-state index contributed by atoms with van der Waals surface area (Å²) in [6, 6.07) is 6.29. The van der Waals surface area contributed by atoms with E-state index in [4.69, 9.17) is 4.74 Å². The van der Waals surface area contributed by atoms with Crippen LogP contribution in [0.5, 0.6) is 0 Å². The minimum Gasteiger partial charge on any atom is -0.376 e. The lowest BCUT2D eigenvalue weighted by Crippen LogP contribution is -2.32. The molecule has 1 aliphatic heterocycles. The first kappa shape index (κ1) is 21.8. The molecule has 0 bridgehead atoms. The lowest BCUT2D eigenvalue weighted by Gasteiger charge is -2.12. The summed E-state index contributed by atoms with van der Waals surface area (Å²) in [5, 5.41) is 18.3. The number of hydrogen-bond acceptors (Lipinski definition) is 6. The highest BCUT2D eigenvalue weighted by Crippen LogP contribution is 2.31. The molecule has 164 valence electrons. The van der Waals surface area contributed by atoms with Crippen LogP contribution in [0, 0.1) is 13.8 Å². The second kappa shape index (κ2) is 9.36. The third-order valence-corrected chi connectivity index (χ3v) is 6.62. The second-order valence-corrected chi connectivity index (χ2v) is 9.32. The number of nitrogens with one attached hydrogen (secondary N) is 1. The maximum atomic E-state index is 12.4. The topological polar surface area (TPSA) is 81.9 Å². The van der Waals surface area contributed by atoms with E-state index in [9.17, 15) is 4.79 Å². The number of benzene rings is 1. The molecule has 0 spiro atoms. The zero-order valence-electron chi connectivity index (χ0n) is 18.5. The first-order chi connectivity index (χ1) is 14.9. The molecule has 1 saturated heterocycles. The van der Waals surface area contributed by atoms with Crippen molar-refractivity contribution in [3.05, 3.63) is 41.2 Å². The van der Waals surface area contributed by atoms with Crippen LogP contribution in [-0.4, -0.2) is 50.9 Å². The Balaban J connectivity index is 1.61. The van der Waals surface area contributed by atoms with E-state index in [1.807, 2.05) is 10.9 Å². The van der Waals surface area contributed by atoms with Crippen LogP contribution in [-0.2, 0) is 9.53 Å². The van der Waals surface area contributed by atoms with Gasteiger partial charge >= 0.3 is 0 Å². The molecule has 31 heavy (non-hydrogen) atoms. The van der Waals surface area contributed by atoms with E-state index in [1.54, 1.807) is 0 Å². The van der Waals surface area contributed by atoms with Gasteiger partial charge in [-0.25, -0.2) is 4.68 Å². The number of carbonyl (C=O) groups is 1. The third-order valence-electron chi connectivity index (χ3n) is 5.67. The Kier molecular flexibility index (Phi) is 6.57. The van der Waals surface area contributed by atoms with Crippen LogP contribution >= 0.6 is 11.8 Å². The number of nitrogens with zero attached hydrogens (tertiary/aromatic N) is 4. The van der Waals surface area contributed by atoms with E-state index in [0.717, 1.165) is 41.7 Å². The Morgan fingerprint density at radius 2 is 2.13 bits per heavy atom. The van der Waals surface area contributed by atoms with Crippen LogP contribution in [0.2, 0.25) is 0 Å². The van der Waals surface area contributed by atoms with E-state index in [0.29, 0.717) is 11.6 Å². The van der Waals surface area contributed by atoms with Crippen molar-refractivity contribution in [2.24, 2.45) is 0 Å². The fourth-order valence-electron chi connectivity index (χ4n) is 3.74. The zero-order chi connectivity index (χ0) is 22.0. The SMILES string of the molecule is Cc1ccc(-n2ncc3c(C(C)C)nnc(SCC(=O)NC[C@@H]4CCCO4)c32)cc1C. The molecule has 0 radical (unpaired) electrons. The van der Waals surface area contributed by atoms with Crippen molar-refractivity contribution >= 4 is 28.6 Å². The highest BCUT2D eigenvalue weighted by molar-refractivity contribution is 8.00. The van der Waals surface area contributed by atoms with Gasteiger partial charge in [0.2, 0.25) is 5.91 Å². The molecule has 1 aliphatic rings. The number of ether oxygens (including phenoxy) is 1. The molecule has 1 atom stereocenters. The summed E-state index contributed by atoms with van der Waals surface area (Å²) in [5.74, 6) is 0.470. The molecule has 0 aliphatic carbocycles. The van der Waals surface area contributed by atoms with Crippen LogP contribution in [0.25, 0.3) is 16.6 Å². The summed E-state index contributed by atoms with van der Waals surface area (Å²) in [6.07, 6.45) is 4.06. The summed E-state index contributed by atoms with van der Waals surface area (Å²) in [7, 11) is 0. The zero-order valence-corrected chi connectivity index (χ0v) is 19.3. The Labute approximate surface area is 187 Å². The fraction of sp³-hybridized carbons (Fsp3) is 0.478. The number of carbonyl (C=O) groups excluding carboxylic acids is 1. The molecule has 3 aromatic rings. The Morgan fingerprint density at radius 3 is 2.84 bits per heavy atom. The normalized spacial score (nSPS) is 16.4. The van der Waals surface area contributed by atoms with E-state index in [-0.39, 0.29) is 23.7 Å². The smallest absolute Gasteiger partial charge is 0.230 e. The number of thioether (sulfide) groups is 1. The molecule has 1 fully saturated rings. The van der Waals surface area contributed by atoms with Crippen LogP contribution in [0.15, 0.2) is 29.4 Å². The van der Waals surface area contributed by atoms with Gasteiger partial charge in [0.05, 0.1) is 29.4 Å². The lowest BCUT2D eigenvalue weighted by molar-refractivity contribution is -0.119. The lowest BCUT2D eigenvalue weighted by atomic mass is 10.1. The van der Waals surface area contributed by atoms with E-state index in [1.165, 1.54) is 22.9 Å². The molecular formula is C23H29N5O2S. The van der Waals surface area contributed by atoms with Gasteiger partial charge in [-0.2, -0.15) is 10.2 Å². The van der Waals surface area contributed by atoms with E-state index < -0.39 is 0 Å². The van der Waals surface area contributed by atoms with Crippen molar-refractivity contribution in [3.63, 3.8) is 0 Å². The monoisotopic (exact) mass is 439 g/mol. The second-order valence-electron chi connectivity index (χ2n) is 8.36. The van der Waals surface area contributed by atoms with Gasteiger partial charge in [0, 0.05) is 18.5 Å². The molecule has 0 unspecified atom stereocenters. The highest BCUT2D eigenvalue weighted by Gasteiger charge is 2.20. The Bertz CT molecular complexity index is 1090. The molecule has 7 nitrogen and oxygen atoms in total. The molecule has 1 aromatic carbocycles. The number of hydrogen-bond donors (Lipinski definition) is 1. The first-order valence-corrected chi connectivity index (χ1v) is 11.8. The fourth-order valence-corrected chi connectivity index (χ4v) is 4.54. The van der Waals surface area contributed by atoms with Crippen LogP contribution < -0.4 is 5.32 Å². The van der Waals surface area contributed by atoms with Crippen LogP contribution in [0.4, 0.5) is 0 Å². The summed E-state index contributed by atoms with van der Waals surface area (Å²) < 4.78 is 7.49. The number of amides is 1. The van der Waals surface area contributed by atoms with E-state index >= 15 is 0 Å². The number of aryl methyl sites for hydroxylation is 2. The number of aromatic nitrogens is 4. The highest BCUT2D eigenvalue weighted by atomic mass is 32.2. The first-order valence-electron chi connectivity index (χ1n) is 10.8.